The predicted molar refractivity (Wildman–Crippen MR) is 45.8 cm³/mol. The second-order valence-corrected chi connectivity index (χ2v) is 3.73. The Balaban J connectivity index is 2.34. The van der Waals surface area contributed by atoms with Crippen LogP contribution in [0.4, 0.5) is 0 Å². The molecule has 0 aromatic heterocycles. The van der Waals surface area contributed by atoms with E-state index in [2.05, 4.69) is 0 Å². The monoisotopic (exact) mass is 184 g/mol. The average Bonchev–Trinajstić information content (AvgIpc) is 2.28. The van der Waals surface area contributed by atoms with Gasteiger partial charge in [-0.05, 0) is 12.5 Å². The quantitative estimate of drug-likeness (QED) is 0.618. The van der Waals surface area contributed by atoms with Gasteiger partial charge in [0.1, 0.15) is 0 Å². The Bertz CT molecular complexity index is 291. The summed E-state index contributed by atoms with van der Waals surface area (Å²) in [5.74, 6) is 0.0166. The minimum absolute atomic E-state index is 0.0463. The van der Waals surface area contributed by atoms with E-state index in [9.17, 15) is 9.90 Å². The van der Waals surface area contributed by atoms with Crippen LogP contribution >= 0.6 is 11.6 Å². The van der Waals surface area contributed by atoms with E-state index in [4.69, 9.17) is 11.6 Å². The molecule has 2 rings (SSSR count). The lowest BCUT2D eigenvalue weighted by molar-refractivity contribution is -0.115. The largest absolute Gasteiger partial charge is 0.392 e. The molecule has 2 atom stereocenters. The first-order valence-corrected chi connectivity index (χ1v) is 4.34. The molecule has 0 heterocycles. The average molecular weight is 185 g/mol. The molecule has 2 nitrogen and oxygen atoms in total. The van der Waals surface area contributed by atoms with Crippen molar-refractivity contribution >= 4 is 17.4 Å². The minimum atomic E-state index is -0.522. The van der Waals surface area contributed by atoms with Crippen LogP contribution in [0.25, 0.3) is 0 Å². The Morgan fingerprint density at radius 1 is 1.42 bits per heavy atom. The Morgan fingerprint density at radius 3 is 2.92 bits per heavy atom. The first-order chi connectivity index (χ1) is 5.68. The standard InChI is InChI=1S/C9H9ClO2/c10-5-1-2-6-7(3-5)9(12)4-8(6)11/h1-2,7,9,12H,3-4H2. The maximum Gasteiger partial charge on any atom is 0.161 e. The summed E-state index contributed by atoms with van der Waals surface area (Å²) < 4.78 is 0. The van der Waals surface area contributed by atoms with E-state index in [1.165, 1.54) is 0 Å². The summed E-state index contributed by atoms with van der Waals surface area (Å²) in [6, 6.07) is 0. The maximum absolute atomic E-state index is 11.2. The third-order valence-electron chi connectivity index (χ3n) is 2.44. The Labute approximate surface area is 75.5 Å². The van der Waals surface area contributed by atoms with Gasteiger partial charge in [0.2, 0.25) is 0 Å². The van der Waals surface area contributed by atoms with Gasteiger partial charge in [0.15, 0.2) is 5.78 Å². The SMILES string of the molecule is O=C1CC(O)C2CC(Cl)=CC=C12. The third kappa shape index (κ3) is 1.11. The van der Waals surface area contributed by atoms with Crippen molar-refractivity contribution in [2.24, 2.45) is 5.92 Å². The first-order valence-electron chi connectivity index (χ1n) is 3.96. The summed E-state index contributed by atoms with van der Waals surface area (Å²) in [6.07, 6.45) is 3.82. The van der Waals surface area contributed by atoms with Crippen molar-refractivity contribution < 1.29 is 9.90 Å². The molecule has 0 aliphatic heterocycles. The number of hydrogen-bond donors (Lipinski definition) is 1. The van der Waals surface area contributed by atoms with Gasteiger partial charge in [0.05, 0.1) is 6.10 Å². The number of Topliss-reactive ketones (excluding diaryl/α,β-unsaturated/α-hetero) is 1. The van der Waals surface area contributed by atoms with Crippen LogP contribution in [0.1, 0.15) is 12.8 Å². The van der Waals surface area contributed by atoms with Crippen LogP contribution in [0, 0.1) is 5.92 Å². The fourth-order valence-electron chi connectivity index (χ4n) is 1.78. The molecule has 1 fully saturated rings. The zero-order chi connectivity index (χ0) is 8.72. The van der Waals surface area contributed by atoms with Crippen molar-refractivity contribution in [3.63, 3.8) is 0 Å². The van der Waals surface area contributed by atoms with Crippen molar-refractivity contribution in [2.45, 2.75) is 18.9 Å². The molecule has 2 aliphatic carbocycles. The highest BCUT2D eigenvalue weighted by Gasteiger charge is 2.37. The molecule has 3 heteroatoms. The number of aliphatic hydroxyl groups excluding tert-OH is 1. The number of aliphatic hydroxyl groups is 1. The van der Waals surface area contributed by atoms with Crippen molar-refractivity contribution in [1.82, 2.24) is 0 Å². The number of rotatable bonds is 0. The molecule has 0 spiro atoms. The maximum atomic E-state index is 11.2. The van der Waals surface area contributed by atoms with Gasteiger partial charge in [-0.1, -0.05) is 17.7 Å². The second-order valence-electron chi connectivity index (χ2n) is 3.24. The van der Waals surface area contributed by atoms with E-state index < -0.39 is 6.10 Å². The Hall–Kier alpha value is -0.600. The number of allylic oxidation sites excluding steroid dienone is 3. The Morgan fingerprint density at radius 2 is 2.17 bits per heavy atom. The first kappa shape index (κ1) is 8.02. The second kappa shape index (κ2) is 2.71. The smallest absolute Gasteiger partial charge is 0.161 e. The van der Waals surface area contributed by atoms with E-state index in [1.54, 1.807) is 12.2 Å². The van der Waals surface area contributed by atoms with Crippen LogP contribution in [0.5, 0.6) is 0 Å². The number of fused-ring (bicyclic) bond motifs is 1. The summed E-state index contributed by atoms with van der Waals surface area (Å²) in [4.78, 5) is 11.2. The van der Waals surface area contributed by atoms with Crippen LogP contribution < -0.4 is 0 Å². The minimum Gasteiger partial charge on any atom is -0.392 e. The van der Waals surface area contributed by atoms with Gasteiger partial charge in [-0.25, -0.2) is 0 Å². The lowest BCUT2D eigenvalue weighted by Crippen LogP contribution is -2.15. The van der Waals surface area contributed by atoms with E-state index in [0.29, 0.717) is 6.42 Å². The summed E-state index contributed by atoms with van der Waals surface area (Å²) in [6.45, 7) is 0. The van der Waals surface area contributed by atoms with Crippen molar-refractivity contribution in [2.75, 3.05) is 0 Å². The number of halogens is 1. The molecule has 0 radical (unpaired) electrons. The van der Waals surface area contributed by atoms with E-state index in [1.807, 2.05) is 0 Å². The molecule has 12 heavy (non-hydrogen) atoms. The van der Waals surface area contributed by atoms with E-state index >= 15 is 0 Å². The fourth-order valence-corrected chi connectivity index (χ4v) is 2.01. The Kier molecular flexibility index (Phi) is 1.81. The van der Waals surface area contributed by atoms with Crippen LogP contribution in [0.3, 0.4) is 0 Å². The molecule has 1 saturated carbocycles. The zero-order valence-corrected chi connectivity index (χ0v) is 7.21. The van der Waals surface area contributed by atoms with Crippen molar-refractivity contribution in [3.05, 3.63) is 22.8 Å². The molecular weight excluding hydrogens is 176 g/mol. The molecule has 1 N–H and O–H groups in total. The number of carbonyl (C=O) groups excluding carboxylic acids is 1. The fraction of sp³-hybridized carbons (Fsp3) is 0.444. The van der Waals surface area contributed by atoms with Gasteiger partial charge in [0, 0.05) is 22.9 Å². The molecule has 0 aromatic carbocycles. The molecule has 0 saturated heterocycles. The van der Waals surface area contributed by atoms with E-state index in [0.717, 1.165) is 10.6 Å². The summed E-state index contributed by atoms with van der Waals surface area (Å²) in [5.41, 5.74) is 0.743. The van der Waals surface area contributed by atoms with Gasteiger partial charge in [-0.2, -0.15) is 0 Å². The van der Waals surface area contributed by atoms with Crippen LogP contribution in [-0.2, 0) is 4.79 Å². The lowest BCUT2D eigenvalue weighted by Gasteiger charge is -2.17. The van der Waals surface area contributed by atoms with Crippen LogP contribution in [0.2, 0.25) is 0 Å². The highest BCUT2D eigenvalue weighted by molar-refractivity contribution is 6.30. The predicted octanol–water partition coefficient (Wildman–Crippen LogP) is 1.39. The van der Waals surface area contributed by atoms with Gasteiger partial charge in [-0.15, -0.1) is 0 Å². The molecule has 64 valence electrons. The molecule has 0 aromatic rings. The summed E-state index contributed by atoms with van der Waals surface area (Å²) in [7, 11) is 0. The zero-order valence-electron chi connectivity index (χ0n) is 6.46. The van der Waals surface area contributed by atoms with Gasteiger partial charge in [0.25, 0.3) is 0 Å². The normalized spacial score (nSPS) is 34.3. The lowest BCUT2D eigenvalue weighted by atomic mass is 9.93. The molecule has 0 bridgehead atoms. The van der Waals surface area contributed by atoms with Gasteiger partial charge >= 0.3 is 0 Å². The number of hydrogen-bond acceptors (Lipinski definition) is 2. The van der Waals surface area contributed by atoms with Crippen molar-refractivity contribution in [3.8, 4) is 0 Å². The van der Waals surface area contributed by atoms with Crippen molar-refractivity contribution in [1.29, 1.82) is 0 Å². The highest BCUT2D eigenvalue weighted by Crippen LogP contribution is 2.37. The van der Waals surface area contributed by atoms with Crippen LogP contribution in [0.15, 0.2) is 22.8 Å². The van der Waals surface area contributed by atoms with Crippen LogP contribution in [-0.4, -0.2) is 17.0 Å². The molecule has 0 amide bonds. The highest BCUT2D eigenvalue weighted by atomic mass is 35.5. The third-order valence-corrected chi connectivity index (χ3v) is 2.72. The summed E-state index contributed by atoms with van der Waals surface area (Å²) in [5, 5.41) is 10.2. The number of ketones is 1. The van der Waals surface area contributed by atoms with Gasteiger partial charge < -0.3 is 5.11 Å². The van der Waals surface area contributed by atoms with Gasteiger partial charge in [-0.3, -0.25) is 4.79 Å². The molecule has 2 aliphatic rings. The van der Waals surface area contributed by atoms with E-state index in [-0.39, 0.29) is 18.1 Å². The molecular formula is C9H9ClO2. The molecule has 2 unspecified atom stereocenters. The topological polar surface area (TPSA) is 37.3 Å². The summed E-state index contributed by atoms with van der Waals surface area (Å²) >= 11 is 5.79. The number of carbonyl (C=O) groups is 1.